The zero-order valence-corrected chi connectivity index (χ0v) is 43.0. The Labute approximate surface area is 458 Å². The van der Waals surface area contributed by atoms with Crippen molar-refractivity contribution in [3.63, 3.8) is 0 Å². The third-order valence-corrected chi connectivity index (χ3v) is 15.7. The van der Waals surface area contributed by atoms with E-state index in [1.165, 1.54) is 33.0 Å². The number of nitrogens with zero attached hydrogens (tertiary/aromatic N) is 2. The first-order valence-corrected chi connectivity index (χ1v) is 26.9. The van der Waals surface area contributed by atoms with Crippen LogP contribution in [0.3, 0.4) is 0 Å². The van der Waals surface area contributed by atoms with Gasteiger partial charge in [-0.15, -0.1) is 0 Å². The highest BCUT2D eigenvalue weighted by Gasteiger charge is 2.22. The van der Waals surface area contributed by atoms with E-state index in [0.29, 0.717) is 0 Å². The van der Waals surface area contributed by atoms with Crippen LogP contribution in [0.5, 0.6) is 0 Å². The van der Waals surface area contributed by atoms with Crippen LogP contribution in [-0.4, -0.2) is 9.97 Å². The van der Waals surface area contributed by atoms with Crippen molar-refractivity contribution in [3.05, 3.63) is 291 Å². The lowest BCUT2D eigenvalue weighted by Gasteiger charge is -2.12. The molecule has 0 amide bonds. The molecule has 0 saturated heterocycles. The van der Waals surface area contributed by atoms with Gasteiger partial charge in [0.25, 0.3) is 0 Å². The monoisotopic (exact) mass is 1000 g/mol. The average Bonchev–Trinajstić information content (AvgIpc) is 4.20. The summed E-state index contributed by atoms with van der Waals surface area (Å²) < 4.78 is 7.44. The molecule has 3 heteroatoms. The first-order chi connectivity index (χ1) is 39.1. The van der Waals surface area contributed by atoms with Gasteiger partial charge in [0, 0.05) is 38.2 Å². The molecule has 368 valence electrons. The summed E-state index contributed by atoms with van der Waals surface area (Å²) in [4.78, 5) is 10.5. The summed E-state index contributed by atoms with van der Waals surface area (Å²) >= 11 is 0. The molecular formula is C76H48N2O. The van der Waals surface area contributed by atoms with Crippen molar-refractivity contribution < 1.29 is 4.42 Å². The number of hydrogen-bond donors (Lipinski definition) is 0. The van der Waals surface area contributed by atoms with E-state index in [2.05, 4.69) is 285 Å². The third kappa shape index (κ3) is 8.33. The van der Waals surface area contributed by atoms with Gasteiger partial charge in [-0.25, -0.2) is 4.98 Å². The molecule has 15 rings (SSSR count). The minimum Gasteiger partial charge on any atom is -0.455 e. The quantitative estimate of drug-likeness (QED) is 0.135. The van der Waals surface area contributed by atoms with Crippen molar-refractivity contribution in [1.82, 2.24) is 9.97 Å². The Morgan fingerprint density at radius 2 is 0.532 bits per heavy atom. The molecule has 0 spiro atoms. The van der Waals surface area contributed by atoms with Gasteiger partial charge in [-0.2, -0.15) is 0 Å². The zero-order valence-electron chi connectivity index (χ0n) is 43.0. The normalized spacial score (nSPS) is 11.5. The lowest BCUT2D eigenvalue weighted by atomic mass is 9.90. The van der Waals surface area contributed by atoms with E-state index in [1.807, 2.05) is 6.20 Å². The highest BCUT2D eigenvalue weighted by atomic mass is 16.3. The number of benzene rings is 13. The van der Waals surface area contributed by atoms with Gasteiger partial charge in [0.05, 0.1) is 22.9 Å². The largest absolute Gasteiger partial charge is 0.455 e. The summed E-state index contributed by atoms with van der Waals surface area (Å²) in [5.74, 6) is 0. The van der Waals surface area contributed by atoms with Crippen LogP contribution >= 0.6 is 0 Å². The summed E-state index contributed by atoms with van der Waals surface area (Å²) in [6, 6.07) is 102. The van der Waals surface area contributed by atoms with Gasteiger partial charge in [-0.1, -0.05) is 231 Å². The molecule has 0 saturated carbocycles. The maximum atomic E-state index is 7.44. The second kappa shape index (κ2) is 19.3. The molecule has 2 aromatic heterocycles. The van der Waals surface area contributed by atoms with Crippen LogP contribution in [-0.2, 0) is 0 Å². The van der Waals surface area contributed by atoms with E-state index >= 15 is 0 Å². The summed E-state index contributed by atoms with van der Waals surface area (Å²) in [6.45, 7) is 0. The van der Waals surface area contributed by atoms with Gasteiger partial charge in [-0.05, 0) is 143 Å². The Bertz CT molecular complexity index is 4790. The Balaban J connectivity index is 0.926. The first kappa shape index (κ1) is 45.9. The van der Waals surface area contributed by atoms with E-state index in [9.17, 15) is 0 Å². The van der Waals surface area contributed by atoms with Crippen LogP contribution in [0.25, 0.3) is 155 Å². The molecule has 0 bridgehead atoms. The molecule has 0 fully saturated rings. The summed E-state index contributed by atoms with van der Waals surface area (Å²) in [6.07, 6.45) is 1.92. The first-order valence-electron chi connectivity index (χ1n) is 26.9. The molecule has 0 aliphatic rings. The molecule has 0 atom stereocenters. The van der Waals surface area contributed by atoms with E-state index in [1.54, 1.807) is 0 Å². The van der Waals surface area contributed by atoms with E-state index < -0.39 is 0 Å². The van der Waals surface area contributed by atoms with Crippen LogP contribution < -0.4 is 0 Å². The number of rotatable bonds is 9. The second-order valence-electron chi connectivity index (χ2n) is 20.4. The minimum atomic E-state index is 0.830. The molecule has 15 aromatic rings. The zero-order chi connectivity index (χ0) is 52.2. The van der Waals surface area contributed by atoms with Crippen molar-refractivity contribution in [2.75, 3.05) is 0 Å². The second-order valence-corrected chi connectivity index (χ2v) is 20.4. The van der Waals surface area contributed by atoms with Crippen molar-refractivity contribution in [2.24, 2.45) is 0 Å². The lowest BCUT2D eigenvalue weighted by Crippen LogP contribution is -1.92. The predicted molar refractivity (Wildman–Crippen MR) is 331 cm³/mol. The fourth-order valence-corrected chi connectivity index (χ4v) is 11.7. The molecule has 0 unspecified atom stereocenters. The lowest BCUT2D eigenvalue weighted by molar-refractivity contribution is 0.671. The predicted octanol–water partition coefficient (Wildman–Crippen LogP) is 20.8. The Hall–Kier alpha value is -10.5. The SMILES string of the molecule is c1ccc(-c2cccc(-c3cc(-c4cccc(-c5ccccc5)c4)c4oc5c(-c6cccc(-c7cccc(-c8cnc9c%10ccccc%10c%10ccccc%10c9n8)c7)c6)cc(-c6cccc(-c7ccccc7)c6)cc5c4c3)c2)cc1. The maximum Gasteiger partial charge on any atom is 0.143 e. The number of hydrogen-bond acceptors (Lipinski definition) is 3. The Kier molecular flexibility index (Phi) is 11.2. The molecule has 0 N–H and O–H groups in total. The minimum absolute atomic E-state index is 0.830. The van der Waals surface area contributed by atoms with Crippen molar-refractivity contribution in [3.8, 4) is 100 Å². The van der Waals surface area contributed by atoms with Gasteiger partial charge >= 0.3 is 0 Å². The fraction of sp³-hybridized carbons (Fsp3) is 0. The number of furan rings is 1. The number of fused-ring (bicyclic) bond motifs is 9. The standard InChI is InChI=1S/C76H48N2O/c1-4-19-49(20-5-1)52-25-14-30-57(39-52)62-44-68(59-32-16-27-54(41-59)51-23-8-3-9-24-51)75-70(46-62)71-47-63(58-31-15-26-53(40-58)50-21-6-2-7-22-50)45-69(76(71)79-75)60-33-17-28-55(42-60)56-29-18-34-61(43-56)72-48-77-73-66-37-12-10-35-64(66)65-36-11-13-38-67(65)74(73)78-72/h1-48H. The molecule has 2 heterocycles. The summed E-state index contributed by atoms with van der Waals surface area (Å²) in [5.41, 5.74) is 23.2. The highest BCUT2D eigenvalue weighted by Crippen LogP contribution is 2.46. The van der Waals surface area contributed by atoms with Crippen LogP contribution in [0.15, 0.2) is 296 Å². The Morgan fingerprint density at radius 3 is 0.975 bits per heavy atom. The Morgan fingerprint density at radius 1 is 0.215 bits per heavy atom. The van der Waals surface area contributed by atoms with Gasteiger partial charge in [0.2, 0.25) is 0 Å². The van der Waals surface area contributed by atoms with E-state index in [4.69, 9.17) is 14.4 Å². The molecule has 13 aromatic carbocycles. The van der Waals surface area contributed by atoms with Gasteiger partial charge < -0.3 is 4.42 Å². The fourth-order valence-electron chi connectivity index (χ4n) is 11.7. The van der Waals surface area contributed by atoms with Crippen molar-refractivity contribution in [2.45, 2.75) is 0 Å². The van der Waals surface area contributed by atoms with Gasteiger partial charge in [0.15, 0.2) is 0 Å². The van der Waals surface area contributed by atoms with E-state index in [0.717, 1.165) is 122 Å². The van der Waals surface area contributed by atoms with E-state index in [-0.39, 0.29) is 0 Å². The molecule has 0 aliphatic heterocycles. The van der Waals surface area contributed by atoms with Crippen molar-refractivity contribution in [1.29, 1.82) is 0 Å². The molecule has 3 nitrogen and oxygen atoms in total. The molecule has 79 heavy (non-hydrogen) atoms. The maximum absolute atomic E-state index is 7.44. The highest BCUT2D eigenvalue weighted by molar-refractivity contribution is 6.23. The average molecular weight is 1010 g/mol. The molecular weight excluding hydrogens is 957 g/mol. The van der Waals surface area contributed by atoms with Crippen LogP contribution in [0, 0.1) is 0 Å². The molecule has 0 radical (unpaired) electrons. The number of aromatic nitrogens is 2. The van der Waals surface area contributed by atoms with Crippen LogP contribution in [0.2, 0.25) is 0 Å². The van der Waals surface area contributed by atoms with Gasteiger partial charge in [0.1, 0.15) is 11.2 Å². The summed E-state index contributed by atoms with van der Waals surface area (Å²) in [7, 11) is 0. The topological polar surface area (TPSA) is 38.9 Å². The van der Waals surface area contributed by atoms with Crippen LogP contribution in [0.1, 0.15) is 0 Å². The van der Waals surface area contributed by atoms with Crippen molar-refractivity contribution >= 4 is 54.5 Å². The smallest absolute Gasteiger partial charge is 0.143 e. The van der Waals surface area contributed by atoms with Crippen LogP contribution in [0.4, 0.5) is 0 Å². The van der Waals surface area contributed by atoms with Gasteiger partial charge in [-0.3, -0.25) is 4.98 Å². The third-order valence-electron chi connectivity index (χ3n) is 15.7. The summed E-state index contributed by atoms with van der Waals surface area (Å²) in [5, 5.41) is 6.68. The molecule has 0 aliphatic carbocycles.